The van der Waals surface area contributed by atoms with Crippen LogP contribution in [0.3, 0.4) is 0 Å². The zero-order valence-electron chi connectivity index (χ0n) is 14.0. The van der Waals surface area contributed by atoms with E-state index in [0.717, 1.165) is 6.07 Å². The molecule has 1 aromatic carbocycles. The van der Waals surface area contributed by atoms with Crippen molar-refractivity contribution in [2.75, 3.05) is 0 Å². The predicted octanol–water partition coefficient (Wildman–Crippen LogP) is 4.48. The summed E-state index contributed by atoms with van der Waals surface area (Å²) in [6, 6.07) is 4.65. The lowest BCUT2D eigenvalue weighted by molar-refractivity contribution is -0.139. The van der Waals surface area contributed by atoms with Gasteiger partial charge in [-0.15, -0.1) is 0 Å². The van der Waals surface area contributed by atoms with Crippen molar-refractivity contribution in [3.05, 3.63) is 48.0 Å². The molecule has 0 unspecified atom stereocenters. The van der Waals surface area contributed by atoms with E-state index in [1.54, 1.807) is 11.6 Å². The van der Waals surface area contributed by atoms with Gasteiger partial charge in [-0.05, 0) is 19.1 Å². The molecular weight excluding hydrogens is 350 g/mol. The van der Waals surface area contributed by atoms with E-state index in [-0.39, 0.29) is 22.8 Å². The third kappa shape index (κ3) is 3.31. The number of Topliss-reactive ketones (excluding diaryl/α,β-unsaturated/α-hetero) is 1. The molecule has 3 aromatic rings. The number of hydrogen-bond donors (Lipinski definition) is 0. The van der Waals surface area contributed by atoms with Gasteiger partial charge in [-0.2, -0.15) is 18.3 Å². The van der Waals surface area contributed by atoms with Gasteiger partial charge in [-0.25, -0.2) is 4.39 Å². The quantitative estimate of drug-likeness (QED) is 0.641. The van der Waals surface area contributed by atoms with Crippen molar-refractivity contribution in [2.45, 2.75) is 26.6 Å². The SMILES string of the molecule is CC(=O)[C@@H](C)Cn1ncc2ncc(-c3cccc(C(F)(F)F)c3F)cc21. The molecule has 2 aromatic heterocycles. The number of nitrogens with zero attached hydrogens (tertiary/aromatic N) is 3. The maximum absolute atomic E-state index is 14.4. The Bertz CT molecular complexity index is 978. The minimum absolute atomic E-state index is 0.0123. The summed E-state index contributed by atoms with van der Waals surface area (Å²) < 4.78 is 54.7. The van der Waals surface area contributed by atoms with Gasteiger partial charge in [0.05, 0.1) is 23.8 Å². The van der Waals surface area contributed by atoms with Crippen LogP contribution in [-0.4, -0.2) is 20.5 Å². The summed E-state index contributed by atoms with van der Waals surface area (Å²) in [6.07, 6.45) is -1.98. The molecule has 0 aliphatic heterocycles. The van der Waals surface area contributed by atoms with Gasteiger partial charge < -0.3 is 0 Å². The molecule has 0 aliphatic rings. The Morgan fingerprint density at radius 2 is 2.00 bits per heavy atom. The predicted molar refractivity (Wildman–Crippen MR) is 87.8 cm³/mol. The number of pyridine rings is 1. The van der Waals surface area contributed by atoms with Crippen LogP contribution in [0.15, 0.2) is 36.7 Å². The van der Waals surface area contributed by atoms with E-state index in [9.17, 15) is 22.4 Å². The Morgan fingerprint density at radius 1 is 1.27 bits per heavy atom. The van der Waals surface area contributed by atoms with Crippen LogP contribution in [-0.2, 0) is 17.5 Å². The normalized spacial score (nSPS) is 13.2. The molecule has 0 fully saturated rings. The van der Waals surface area contributed by atoms with E-state index < -0.39 is 17.6 Å². The van der Waals surface area contributed by atoms with Crippen LogP contribution in [0.5, 0.6) is 0 Å². The summed E-state index contributed by atoms with van der Waals surface area (Å²) in [5, 5.41) is 4.16. The summed E-state index contributed by atoms with van der Waals surface area (Å²) in [5.74, 6) is -1.64. The summed E-state index contributed by atoms with van der Waals surface area (Å²) in [4.78, 5) is 15.6. The number of aromatic nitrogens is 3. The first-order valence-corrected chi connectivity index (χ1v) is 7.86. The van der Waals surface area contributed by atoms with E-state index in [0.29, 0.717) is 23.6 Å². The molecule has 26 heavy (non-hydrogen) atoms. The minimum Gasteiger partial charge on any atom is -0.300 e. The maximum Gasteiger partial charge on any atom is 0.419 e. The number of halogens is 4. The average molecular weight is 365 g/mol. The molecule has 136 valence electrons. The molecule has 1 atom stereocenters. The molecule has 4 nitrogen and oxygen atoms in total. The second kappa shape index (κ2) is 6.51. The fraction of sp³-hybridized carbons (Fsp3) is 0.278. The number of fused-ring (bicyclic) bond motifs is 1. The van der Waals surface area contributed by atoms with Gasteiger partial charge in [-0.1, -0.05) is 19.1 Å². The van der Waals surface area contributed by atoms with Crippen molar-refractivity contribution >= 4 is 16.8 Å². The summed E-state index contributed by atoms with van der Waals surface area (Å²) in [6.45, 7) is 3.52. The molecule has 3 rings (SSSR count). The van der Waals surface area contributed by atoms with Crippen molar-refractivity contribution < 1.29 is 22.4 Å². The van der Waals surface area contributed by atoms with Crippen LogP contribution in [0.25, 0.3) is 22.2 Å². The Labute approximate surface area is 146 Å². The molecule has 0 spiro atoms. The first-order chi connectivity index (χ1) is 12.2. The lowest BCUT2D eigenvalue weighted by atomic mass is 10.0. The van der Waals surface area contributed by atoms with Gasteiger partial charge in [0.2, 0.25) is 0 Å². The number of carbonyl (C=O) groups excluding carboxylic acids is 1. The molecule has 0 N–H and O–H groups in total. The fourth-order valence-electron chi connectivity index (χ4n) is 2.61. The van der Waals surface area contributed by atoms with Crippen LogP contribution < -0.4 is 0 Å². The van der Waals surface area contributed by atoms with Gasteiger partial charge in [0.25, 0.3) is 0 Å². The maximum atomic E-state index is 14.4. The molecule has 0 radical (unpaired) electrons. The van der Waals surface area contributed by atoms with E-state index in [1.165, 1.54) is 31.5 Å². The molecule has 0 aliphatic carbocycles. The second-order valence-corrected chi connectivity index (χ2v) is 6.13. The molecule has 0 amide bonds. The highest BCUT2D eigenvalue weighted by molar-refractivity contribution is 5.81. The highest BCUT2D eigenvalue weighted by Crippen LogP contribution is 2.35. The van der Waals surface area contributed by atoms with Gasteiger partial charge in [0.15, 0.2) is 0 Å². The number of alkyl halides is 3. The molecule has 0 bridgehead atoms. The number of carbonyl (C=O) groups is 1. The lowest BCUT2D eigenvalue weighted by Crippen LogP contribution is -2.15. The van der Waals surface area contributed by atoms with Crippen molar-refractivity contribution in [2.24, 2.45) is 5.92 Å². The third-order valence-corrected chi connectivity index (χ3v) is 4.25. The van der Waals surface area contributed by atoms with Crippen molar-refractivity contribution in [1.29, 1.82) is 0 Å². The topological polar surface area (TPSA) is 47.8 Å². The Balaban J connectivity index is 2.09. The van der Waals surface area contributed by atoms with Crippen molar-refractivity contribution in [1.82, 2.24) is 14.8 Å². The van der Waals surface area contributed by atoms with Gasteiger partial charge in [-0.3, -0.25) is 14.5 Å². The van der Waals surface area contributed by atoms with Gasteiger partial charge in [0.1, 0.15) is 17.1 Å². The first-order valence-electron chi connectivity index (χ1n) is 7.86. The monoisotopic (exact) mass is 365 g/mol. The van der Waals surface area contributed by atoms with Crippen LogP contribution in [0.4, 0.5) is 17.6 Å². The molecule has 2 heterocycles. The number of benzene rings is 1. The smallest absolute Gasteiger partial charge is 0.300 e. The Kier molecular flexibility index (Phi) is 4.52. The highest BCUT2D eigenvalue weighted by atomic mass is 19.4. The standard InChI is InChI=1S/C18H15F4N3O/c1-10(11(2)26)9-25-16-6-12(7-23-15(16)8-24-25)13-4-3-5-14(17(13)19)18(20,21)22/h3-8,10H,9H2,1-2H3/t10-/m0/s1. The zero-order chi connectivity index (χ0) is 19.1. The van der Waals surface area contributed by atoms with E-state index >= 15 is 0 Å². The minimum atomic E-state index is -4.78. The number of ketones is 1. The van der Waals surface area contributed by atoms with E-state index in [1.807, 2.05) is 0 Å². The Hall–Kier alpha value is -2.77. The van der Waals surface area contributed by atoms with Crippen LogP contribution in [0.1, 0.15) is 19.4 Å². The largest absolute Gasteiger partial charge is 0.419 e. The number of rotatable bonds is 4. The average Bonchev–Trinajstić information content (AvgIpc) is 2.96. The van der Waals surface area contributed by atoms with Gasteiger partial charge in [0, 0.05) is 23.2 Å². The van der Waals surface area contributed by atoms with Gasteiger partial charge >= 0.3 is 6.18 Å². The van der Waals surface area contributed by atoms with Crippen LogP contribution in [0.2, 0.25) is 0 Å². The fourth-order valence-corrected chi connectivity index (χ4v) is 2.61. The third-order valence-electron chi connectivity index (χ3n) is 4.25. The van der Waals surface area contributed by atoms with Crippen LogP contribution in [0, 0.1) is 11.7 Å². The summed E-state index contributed by atoms with van der Waals surface area (Å²) in [5.41, 5.74) is -0.280. The summed E-state index contributed by atoms with van der Waals surface area (Å²) in [7, 11) is 0. The Morgan fingerprint density at radius 3 is 2.65 bits per heavy atom. The molecule has 0 saturated heterocycles. The van der Waals surface area contributed by atoms with Crippen LogP contribution >= 0.6 is 0 Å². The van der Waals surface area contributed by atoms with Crippen molar-refractivity contribution in [3.63, 3.8) is 0 Å². The molecular formula is C18H15F4N3O. The van der Waals surface area contributed by atoms with Crippen molar-refractivity contribution in [3.8, 4) is 11.1 Å². The molecule has 8 heteroatoms. The lowest BCUT2D eigenvalue weighted by Gasteiger charge is -2.12. The number of hydrogen-bond acceptors (Lipinski definition) is 3. The molecule has 0 saturated carbocycles. The van der Waals surface area contributed by atoms with E-state index in [4.69, 9.17) is 0 Å². The first kappa shape index (κ1) is 18.0. The highest BCUT2D eigenvalue weighted by Gasteiger charge is 2.35. The zero-order valence-corrected chi connectivity index (χ0v) is 14.0. The second-order valence-electron chi connectivity index (χ2n) is 6.13. The van der Waals surface area contributed by atoms with E-state index in [2.05, 4.69) is 10.1 Å². The summed E-state index contributed by atoms with van der Waals surface area (Å²) >= 11 is 0.